The van der Waals surface area contributed by atoms with Crippen molar-refractivity contribution in [1.29, 1.82) is 0 Å². The zero-order valence-corrected chi connectivity index (χ0v) is 16.9. The number of fused-ring (bicyclic) bond motifs is 1. The number of hydrogen-bond donors (Lipinski definition) is 1. The van der Waals surface area contributed by atoms with Crippen LogP contribution in [0.15, 0.2) is 31.0 Å². The Kier molecular flexibility index (Phi) is 4.85. The van der Waals surface area contributed by atoms with Crippen LogP contribution in [0.4, 0.5) is 11.6 Å². The first-order valence-electron chi connectivity index (χ1n) is 8.50. The van der Waals surface area contributed by atoms with E-state index in [0.29, 0.717) is 40.0 Å². The molecule has 10 nitrogen and oxygen atoms in total. The number of benzene rings is 1. The van der Waals surface area contributed by atoms with Crippen molar-refractivity contribution in [3.63, 3.8) is 0 Å². The van der Waals surface area contributed by atoms with E-state index in [1.54, 1.807) is 44.7 Å². The lowest BCUT2D eigenvalue weighted by Crippen LogP contribution is -1.99. The number of aromatic nitrogens is 6. The van der Waals surface area contributed by atoms with Crippen LogP contribution in [-0.2, 0) is 7.05 Å². The highest BCUT2D eigenvalue weighted by Gasteiger charge is 2.16. The average Bonchev–Trinajstić information content (AvgIpc) is 3.34. The van der Waals surface area contributed by atoms with Crippen molar-refractivity contribution >= 4 is 34.4 Å². The Labute approximate surface area is 171 Å². The first-order valence-corrected chi connectivity index (χ1v) is 8.87. The number of ether oxygens (including phenoxy) is 3. The van der Waals surface area contributed by atoms with E-state index in [1.165, 1.54) is 0 Å². The number of aryl methyl sites for hydroxylation is 1. The molecule has 0 aliphatic rings. The Morgan fingerprint density at radius 2 is 1.69 bits per heavy atom. The molecular weight excluding hydrogens is 398 g/mol. The van der Waals surface area contributed by atoms with Crippen molar-refractivity contribution in [3.05, 3.63) is 36.3 Å². The number of imidazole rings is 2. The van der Waals surface area contributed by atoms with Crippen molar-refractivity contribution in [3.8, 4) is 22.9 Å². The molecule has 0 aliphatic carbocycles. The Balaban J connectivity index is 1.70. The fraction of sp³-hybridized carbons (Fsp3) is 0.222. The van der Waals surface area contributed by atoms with Crippen LogP contribution in [0.2, 0.25) is 5.28 Å². The minimum absolute atomic E-state index is 0.118. The maximum atomic E-state index is 6.05. The minimum Gasteiger partial charge on any atom is -0.493 e. The SMILES string of the molecule is COc1cc(-n2cnc(Nc3nc(Cl)nc4c3ncn4C)c2)cc(OC)c1OC. The van der Waals surface area contributed by atoms with Crippen molar-refractivity contribution in [2.45, 2.75) is 0 Å². The molecule has 0 atom stereocenters. The fourth-order valence-electron chi connectivity index (χ4n) is 2.93. The van der Waals surface area contributed by atoms with E-state index in [0.717, 1.165) is 5.69 Å². The van der Waals surface area contributed by atoms with Gasteiger partial charge >= 0.3 is 0 Å². The molecule has 3 aromatic heterocycles. The lowest BCUT2D eigenvalue weighted by molar-refractivity contribution is 0.324. The fourth-order valence-corrected chi connectivity index (χ4v) is 3.10. The van der Waals surface area contributed by atoms with E-state index >= 15 is 0 Å². The summed E-state index contributed by atoms with van der Waals surface area (Å²) in [7, 11) is 6.53. The molecule has 0 bridgehead atoms. The molecule has 0 amide bonds. The molecular formula is C18H18ClN7O3. The predicted molar refractivity (Wildman–Crippen MR) is 108 cm³/mol. The average molecular weight is 416 g/mol. The zero-order valence-electron chi connectivity index (χ0n) is 16.2. The highest BCUT2D eigenvalue weighted by atomic mass is 35.5. The van der Waals surface area contributed by atoms with E-state index < -0.39 is 0 Å². The van der Waals surface area contributed by atoms with Crippen molar-refractivity contribution in [2.75, 3.05) is 26.6 Å². The summed E-state index contributed by atoms with van der Waals surface area (Å²) in [5.74, 6) is 2.63. The van der Waals surface area contributed by atoms with Gasteiger partial charge in [-0.05, 0) is 11.6 Å². The van der Waals surface area contributed by atoms with E-state index in [9.17, 15) is 0 Å². The van der Waals surface area contributed by atoms with Gasteiger partial charge < -0.3 is 28.7 Å². The normalized spacial score (nSPS) is 10.9. The highest BCUT2D eigenvalue weighted by Crippen LogP contribution is 2.39. The zero-order chi connectivity index (χ0) is 20.5. The molecule has 4 aromatic rings. The molecule has 0 aliphatic heterocycles. The quantitative estimate of drug-likeness (QED) is 0.479. The van der Waals surface area contributed by atoms with Crippen LogP contribution in [0.25, 0.3) is 16.9 Å². The van der Waals surface area contributed by atoms with Crippen molar-refractivity contribution < 1.29 is 14.2 Å². The topological polar surface area (TPSA) is 101 Å². The van der Waals surface area contributed by atoms with Gasteiger partial charge in [0.15, 0.2) is 28.5 Å². The van der Waals surface area contributed by atoms with Crippen molar-refractivity contribution in [2.24, 2.45) is 7.05 Å². The number of nitrogens with one attached hydrogen (secondary N) is 1. The van der Waals surface area contributed by atoms with Gasteiger partial charge in [0.2, 0.25) is 11.0 Å². The number of nitrogens with zero attached hydrogens (tertiary/aromatic N) is 6. The van der Waals surface area contributed by atoms with Gasteiger partial charge in [0.1, 0.15) is 12.1 Å². The van der Waals surface area contributed by atoms with Gasteiger partial charge in [-0.15, -0.1) is 0 Å². The van der Waals surface area contributed by atoms with Crippen LogP contribution >= 0.6 is 11.6 Å². The second-order valence-electron chi connectivity index (χ2n) is 6.04. The molecule has 1 N–H and O–H groups in total. The second kappa shape index (κ2) is 7.47. The summed E-state index contributed by atoms with van der Waals surface area (Å²) in [5, 5.41) is 3.26. The van der Waals surface area contributed by atoms with Crippen LogP contribution in [0, 0.1) is 0 Å². The molecule has 0 saturated carbocycles. The maximum absolute atomic E-state index is 6.05. The molecule has 4 rings (SSSR count). The highest BCUT2D eigenvalue weighted by molar-refractivity contribution is 6.28. The third-order valence-corrected chi connectivity index (χ3v) is 4.48. The first kappa shape index (κ1) is 18.8. The van der Waals surface area contributed by atoms with E-state index in [1.807, 2.05) is 23.7 Å². The minimum atomic E-state index is 0.118. The summed E-state index contributed by atoms with van der Waals surface area (Å²) in [6.45, 7) is 0. The van der Waals surface area contributed by atoms with Crippen LogP contribution in [0.1, 0.15) is 0 Å². The van der Waals surface area contributed by atoms with Crippen molar-refractivity contribution in [1.82, 2.24) is 29.1 Å². The number of rotatable bonds is 6. The number of halogens is 1. The van der Waals surface area contributed by atoms with Crippen LogP contribution in [-0.4, -0.2) is 50.4 Å². The molecule has 11 heteroatoms. The lowest BCUT2D eigenvalue weighted by Gasteiger charge is -2.14. The Morgan fingerprint density at radius 3 is 2.34 bits per heavy atom. The maximum Gasteiger partial charge on any atom is 0.226 e. The van der Waals surface area contributed by atoms with Gasteiger partial charge in [-0.3, -0.25) is 0 Å². The summed E-state index contributed by atoms with van der Waals surface area (Å²) in [4.78, 5) is 17.1. The molecule has 1 aromatic carbocycles. The summed E-state index contributed by atoms with van der Waals surface area (Å²) >= 11 is 6.05. The molecule has 0 spiro atoms. The first-order chi connectivity index (χ1) is 14.0. The van der Waals surface area contributed by atoms with Gasteiger partial charge in [-0.1, -0.05) is 0 Å². The van der Waals surface area contributed by atoms with E-state index in [4.69, 9.17) is 25.8 Å². The van der Waals surface area contributed by atoms with Crippen LogP contribution in [0.5, 0.6) is 17.2 Å². The van der Waals surface area contributed by atoms with Crippen LogP contribution < -0.4 is 19.5 Å². The molecule has 0 fully saturated rings. The van der Waals surface area contributed by atoms with Gasteiger partial charge in [-0.25, -0.2) is 9.97 Å². The number of hydrogen-bond acceptors (Lipinski definition) is 8. The predicted octanol–water partition coefficient (Wildman–Crippen LogP) is 2.97. The molecule has 150 valence electrons. The standard InChI is InChI=1S/C18H18ClN7O3/c1-25-8-21-14-16(23-18(19)24-17(14)25)22-13-7-26(9-20-13)10-5-11(27-2)15(29-4)12(6-10)28-3/h5-9H,1-4H3,(H,22,23,24). The summed E-state index contributed by atoms with van der Waals surface area (Å²) in [6.07, 6.45) is 5.10. The Bertz CT molecular complexity index is 1160. The molecule has 0 radical (unpaired) electrons. The molecule has 3 heterocycles. The lowest BCUT2D eigenvalue weighted by atomic mass is 10.2. The molecule has 0 saturated heterocycles. The monoisotopic (exact) mass is 415 g/mol. The Morgan fingerprint density at radius 1 is 0.966 bits per heavy atom. The largest absolute Gasteiger partial charge is 0.493 e. The Hall–Kier alpha value is -3.53. The van der Waals surface area contributed by atoms with Crippen LogP contribution in [0.3, 0.4) is 0 Å². The third-order valence-electron chi connectivity index (χ3n) is 4.31. The summed E-state index contributed by atoms with van der Waals surface area (Å²) in [5.41, 5.74) is 2.00. The van der Waals surface area contributed by atoms with Gasteiger partial charge in [0.05, 0.1) is 39.5 Å². The molecule has 0 unspecified atom stereocenters. The van der Waals surface area contributed by atoms with Gasteiger partial charge in [0.25, 0.3) is 0 Å². The second-order valence-corrected chi connectivity index (χ2v) is 6.38. The summed E-state index contributed by atoms with van der Waals surface area (Å²) in [6, 6.07) is 3.65. The van der Waals surface area contributed by atoms with E-state index in [-0.39, 0.29) is 5.28 Å². The smallest absolute Gasteiger partial charge is 0.226 e. The van der Waals surface area contributed by atoms with Gasteiger partial charge in [-0.2, -0.15) is 9.97 Å². The molecule has 29 heavy (non-hydrogen) atoms. The van der Waals surface area contributed by atoms with E-state index in [2.05, 4.69) is 25.3 Å². The number of methoxy groups -OCH3 is 3. The van der Waals surface area contributed by atoms with Gasteiger partial charge in [0, 0.05) is 19.2 Å². The summed E-state index contributed by atoms with van der Waals surface area (Å²) < 4.78 is 19.8. The third kappa shape index (κ3) is 3.38. The number of anilines is 2.